The van der Waals surface area contributed by atoms with Crippen LogP contribution in [0, 0.1) is 6.92 Å². The number of hydrogen-bond acceptors (Lipinski definition) is 6. The smallest absolute Gasteiger partial charge is 0.157 e. The van der Waals surface area contributed by atoms with Gasteiger partial charge >= 0.3 is 0 Å². The number of piperazine rings is 1. The van der Waals surface area contributed by atoms with Crippen LogP contribution in [-0.2, 0) is 0 Å². The molecule has 0 bridgehead atoms. The number of aryl methyl sites for hydroxylation is 1. The van der Waals surface area contributed by atoms with Crippen molar-refractivity contribution in [3.63, 3.8) is 0 Å². The highest BCUT2D eigenvalue weighted by atomic mass is 35.5. The standard InChI is InChI=1S/C25H25ClN8/c1-16-20-13-17(3-8-21(20)31-30-16)24-25(28-19-6-4-18(26)5-7-19)34-15-23(27-14-22(34)29-24)33-11-9-32(2)10-12-33/h3-8,13-15,28H,9-12H2,1-2H3,(H,30,31). The summed E-state index contributed by atoms with van der Waals surface area (Å²) in [5.74, 6) is 1.83. The van der Waals surface area contributed by atoms with E-state index in [4.69, 9.17) is 21.6 Å². The normalized spacial score (nSPS) is 14.9. The summed E-state index contributed by atoms with van der Waals surface area (Å²) >= 11 is 6.12. The molecule has 0 atom stereocenters. The molecule has 0 unspecified atom stereocenters. The van der Waals surface area contributed by atoms with Crippen molar-refractivity contribution in [2.24, 2.45) is 0 Å². The lowest BCUT2D eigenvalue weighted by Gasteiger charge is -2.33. The van der Waals surface area contributed by atoms with Gasteiger partial charge in [0.1, 0.15) is 17.3 Å². The minimum absolute atomic E-state index is 0.700. The lowest BCUT2D eigenvalue weighted by atomic mass is 10.1. The van der Waals surface area contributed by atoms with Crippen molar-refractivity contribution in [3.8, 4) is 11.3 Å². The van der Waals surface area contributed by atoms with Crippen LogP contribution in [0.3, 0.4) is 0 Å². The van der Waals surface area contributed by atoms with Crippen molar-refractivity contribution in [2.45, 2.75) is 6.92 Å². The van der Waals surface area contributed by atoms with Gasteiger partial charge in [0, 0.05) is 53.5 Å². The van der Waals surface area contributed by atoms with E-state index in [0.29, 0.717) is 5.02 Å². The molecule has 9 heteroatoms. The topological polar surface area (TPSA) is 77.4 Å². The Hall–Kier alpha value is -3.62. The van der Waals surface area contributed by atoms with E-state index in [-0.39, 0.29) is 0 Å². The second-order valence-corrected chi connectivity index (χ2v) is 9.22. The van der Waals surface area contributed by atoms with Crippen LogP contribution < -0.4 is 10.2 Å². The molecule has 34 heavy (non-hydrogen) atoms. The minimum atomic E-state index is 0.700. The molecule has 6 rings (SSSR count). The molecule has 0 radical (unpaired) electrons. The first kappa shape index (κ1) is 20.9. The van der Waals surface area contributed by atoms with E-state index in [9.17, 15) is 0 Å². The summed E-state index contributed by atoms with van der Waals surface area (Å²) in [5.41, 5.74) is 5.57. The lowest BCUT2D eigenvalue weighted by molar-refractivity contribution is 0.312. The van der Waals surface area contributed by atoms with Crippen molar-refractivity contribution >= 4 is 45.5 Å². The fourth-order valence-electron chi connectivity index (χ4n) is 4.42. The molecule has 172 valence electrons. The van der Waals surface area contributed by atoms with Gasteiger partial charge in [-0.05, 0) is 50.4 Å². The molecule has 0 amide bonds. The SMILES string of the molecule is Cc1[nH]nc2ccc(-c3nc4cnc(N5CCN(C)CC5)cn4c3Nc3ccc(Cl)cc3)cc12. The predicted molar refractivity (Wildman–Crippen MR) is 137 cm³/mol. The summed E-state index contributed by atoms with van der Waals surface area (Å²) in [6.45, 7) is 5.98. The van der Waals surface area contributed by atoms with E-state index in [0.717, 1.165) is 77.0 Å². The van der Waals surface area contributed by atoms with E-state index in [1.165, 1.54) is 0 Å². The third-order valence-corrected chi connectivity index (χ3v) is 6.70. The number of rotatable bonds is 4. The second kappa shape index (κ2) is 8.30. The Balaban J connectivity index is 1.49. The average Bonchev–Trinajstić information content (AvgIpc) is 3.41. The molecule has 2 N–H and O–H groups in total. The number of halogens is 1. The van der Waals surface area contributed by atoms with Crippen LogP contribution in [0.1, 0.15) is 5.69 Å². The summed E-state index contributed by atoms with van der Waals surface area (Å²) in [6, 6.07) is 13.9. The van der Waals surface area contributed by atoms with E-state index >= 15 is 0 Å². The summed E-state index contributed by atoms with van der Waals surface area (Å²) in [7, 11) is 2.16. The van der Waals surface area contributed by atoms with Crippen LogP contribution in [-0.4, -0.2) is 62.7 Å². The fourth-order valence-corrected chi connectivity index (χ4v) is 4.55. The first-order valence-electron chi connectivity index (χ1n) is 11.3. The van der Waals surface area contributed by atoms with Crippen LogP contribution in [0.2, 0.25) is 5.02 Å². The van der Waals surface area contributed by atoms with E-state index in [2.05, 4.69) is 55.1 Å². The van der Waals surface area contributed by atoms with Crippen molar-refractivity contribution in [2.75, 3.05) is 43.4 Å². The van der Waals surface area contributed by atoms with Gasteiger partial charge in [-0.25, -0.2) is 9.97 Å². The third-order valence-electron chi connectivity index (χ3n) is 6.45. The van der Waals surface area contributed by atoms with E-state index in [1.807, 2.05) is 43.5 Å². The molecule has 2 aromatic carbocycles. The van der Waals surface area contributed by atoms with Gasteiger partial charge in [0.2, 0.25) is 0 Å². The first-order valence-corrected chi connectivity index (χ1v) is 11.7. The molecule has 1 aliphatic heterocycles. The second-order valence-electron chi connectivity index (χ2n) is 8.79. The van der Waals surface area contributed by atoms with Crippen LogP contribution in [0.4, 0.5) is 17.3 Å². The largest absolute Gasteiger partial charge is 0.353 e. The Kier molecular flexibility index (Phi) is 5.12. The van der Waals surface area contributed by atoms with Gasteiger partial charge in [-0.2, -0.15) is 5.10 Å². The molecule has 0 saturated carbocycles. The highest BCUT2D eigenvalue weighted by Gasteiger charge is 2.20. The zero-order chi connectivity index (χ0) is 23.2. The van der Waals surface area contributed by atoms with Gasteiger partial charge in [0.15, 0.2) is 5.65 Å². The number of nitrogens with one attached hydrogen (secondary N) is 2. The number of hydrogen-bond donors (Lipinski definition) is 2. The fraction of sp³-hybridized carbons (Fsp3) is 0.240. The maximum atomic E-state index is 6.12. The van der Waals surface area contributed by atoms with Crippen molar-refractivity contribution in [3.05, 3.63) is 65.6 Å². The molecule has 0 aliphatic carbocycles. The number of aromatic nitrogens is 5. The Morgan fingerprint density at radius 1 is 1.03 bits per heavy atom. The van der Waals surface area contributed by atoms with Crippen LogP contribution in [0.15, 0.2) is 54.9 Å². The van der Waals surface area contributed by atoms with Gasteiger partial charge in [-0.15, -0.1) is 0 Å². The Bertz CT molecular complexity index is 1480. The molecular formula is C25H25ClN8. The highest BCUT2D eigenvalue weighted by Crippen LogP contribution is 2.34. The summed E-state index contributed by atoms with van der Waals surface area (Å²) in [6.07, 6.45) is 3.93. The Morgan fingerprint density at radius 3 is 2.62 bits per heavy atom. The van der Waals surface area contributed by atoms with Crippen molar-refractivity contribution < 1.29 is 0 Å². The quantitative estimate of drug-likeness (QED) is 0.394. The first-order chi connectivity index (χ1) is 16.5. The predicted octanol–water partition coefficient (Wildman–Crippen LogP) is 4.73. The van der Waals surface area contributed by atoms with Crippen LogP contribution in [0.25, 0.3) is 27.8 Å². The molecule has 5 aromatic rings. The van der Waals surface area contributed by atoms with Crippen molar-refractivity contribution in [1.29, 1.82) is 0 Å². The molecule has 8 nitrogen and oxygen atoms in total. The third kappa shape index (κ3) is 3.74. The zero-order valence-corrected chi connectivity index (χ0v) is 19.8. The van der Waals surface area contributed by atoms with E-state index < -0.39 is 0 Å². The highest BCUT2D eigenvalue weighted by molar-refractivity contribution is 6.30. The molecule has 4 heterocycles. The van der Waals surface area contributed by atoms with Gasteiger partial charge in [0.05, 0.1) is 17.9 Å². The molecule has 0 spiro atoms. The number of anilines is 3. The number of nitrogens with zero attached hydrogens (tertiary/aromatic N) is 6. The molecule has 1 saturated heterocycles. The number of H-pyrrole nitrogens is 1. The number of aromatic amines is 1. The number of imidazole rings is 1. The van der Waals surface area contributed by atoms with Crippen molar-refractivity contribution in [1.82, 2.24) is 29.5 Å². The summed E-state index contributed by atoms with van der Waals surface area (Å²) in [5, 5.41) is 12.8. The summed E-state index contributed by atoms with van der Waals surface area (Å²) in [4.78, 5) is 14.4. The van der Waals surface area contributed by atoms with Gasteiger partial charge < -0.3 is 15.1 Å². The maximum Gasteiger partial charge on any atom is 0.157 e. The number of benzene rings is 2. The van der Waals surface area contributed by atoms with Gasteiger partial charge in [-0.1, -0.05) is 17.7 Å². The molecule has 1 aliphatic rings. The van der Waals surface area contributed by atoms with Crippen LogP contribution >= 0.6 is 11.6 Å². The van der Waals surface area contributed by atoms with E-state index in [1.54, 1.807) is 0 Å². The molecule has 3 aromatic heterocycles. The molecular weight excluding hydrogens is 448 g/mol. The monoisotopic (exact) mass is 472 g/mol. The van der Waals surface area contributed by atoms with Gasteiger partial charge in [0.25, 0.3) is 0 Å². The zero-order valence-electron chi connectivity index (χ0n) is 19.1. The maximum absolute atomic E-state index is 6.12. The minimum Gasteiger partial charge on any atom is -0.353 e. The Morgan fingerprint density at radius 2 is 1.82 bits per heavy atom. The number of likely N-dealkylation sites (N-methyl/N-ethyl adjacent to an activating group) is 1. The lowest BCUT2D eigenvalue weighted by Crippen LogP contribution is -2.44. The Labute approximate surface area is 202 Å². The number of fused-ring (bicyclic) bond motifs is 2. The molecule has 1 fully saturated rings. The van der Waals surface area contributed by atoms with Crippen LogP contribution in [0.5, 0.6) is 0 Å². The van der Waals surface area contributed by atoms with Gasteiger partial charge in [-0.3, -0.25) is 9.50 Å². The average molecular weight is 473 g/mol. The summed E-state index contributed by atoms with van der Waals surface area (Å²) < 4.78 is 2.09.